The van der Waals surface area contributed by atoms with Crippen molar-refractivity contribution in [3.8, 4) is 0 Å². The van der Waals surface area contributed by atoms with E-state index >= 15 is 0 Å². The van der Waals surface area contributed by atoms with E-state index in [4.69, 9.17) is 17.0 Å². The molecule has 0 heterocycles. The molecule has 1 aromatic carbocycles. The molecule has 0 bridgehead atoms. The molecule has 31 heavy (non-hydrogen) atoms. The quantitative estimate of drug-likeness (QED) is 0.429. The third-order valence-corrected chi connectivity index (χ3v) is 5.44. The summed E-state index contributed by atoms with van der Waals surface area (Å²) < 4.78 is 19.2. The Hall–Kier alpha value is -2.52. The van der Waals surface area contributed by atoms with E-state index in [2.05, 4.69) is 16.0 Å². The second kappa shape index (κ2) is 11.8. The first-order chi connectivity index (χ1) is 14.7. The lowest BCUT2D eigenvalue weighted by Crippen LogP contribution is -2.60. The van der Waals surface area contributed by atoms with Gasteiger partial charge in [0.2, 0.25) is 5.91 Å². The zero-order chi connectivity index (χ0) is 23.0. The lowest BCUT2D eigenvalue weighted by Gasteiger charge is -2.38. The van der Waals surface area contributed by atoms with Crippen molar-refractivity contribution >= 4 is 29.2 Å². The van der Waals surface area contributed by atoms with Crippen molar-refractivity contribution in [2.45, 2.75) is 70.9 Å². The topological polar surface area (TPSA) is 99.7 Å². The van der Waals surface area contributed by atoms with Crippen molar-refractivity contribution in [2.24, 2.45) is 0 Å². The maximum Gasteiger partial charge on any atom is 0.331 e. The Bertz CT molecular complexity index is 811. The van der Waals surface area contributed by atoms with Gasteiger partial charge < -0.3 is 25.8 Å². The molecule has 1 aliphatic rings. The van der Waals surface area contributed by atoms with Crippen LogP contribution >= 0.6 is 12.2 Å². The molecule has 7 nitrogen and oxygen atoms in total. The third-order valence-electron chi connectivity index (χ3n) is 5.18. The molecule has 0 unspecified atom stereocenters. The van der Waals surface area contributed by atoms with Crippen molar-refractivity contribution in [1.29, 1.82) is 0 Å². The van der Waals surface area contributed by atoms with E-state index in [1.54, 1.807) is 18.2 Å². The molecule has 0 aromatic heterocycles. The van der Waals surface area contributed by atoms with Crippen molar-refractivity contribution < 1.29 is 23.8 Å². The molecular weight excluding hydrogens is 421 g/mol. The Morgan fingerprint density at radius 1 is 1.23 bits per heavy atom. The predicted molar refractivity (Wildman–Crippen MR) is 120 cm³/mol. The van der Waals surface area contributed by atoms with Gasteiger partial charge in [-0.3, -0.25) is 4.79 Å². The first-order valence-corrected chi connectivity index (χ1v) is 10.8. The Labute approximate surface area is 187 Å². The van der Waals surface area contributed by atoms with Gasteiger partial charge in [0.05, 0.1) is 24.3 Å². The summed E-state index contributed by atoms with van der Waals surface area (Å²) in [6, 6.07) is 5.06. The summed E-state index contributed by atoms with van der Waals surface area (Å²) in [5.41, 5.74) is 1.05. The van der Waals surface area contributed by atoms with Crippen LogP contribution < -0.4 is 16.0 Å². The first kappa shape index (κ1) is 24.7. The molecule has 0 spiro atoms. The lowest BCUT2D eigenvalue weighted by atomic mass is 9.87. The summed E-state index contributed by atoms with van der Waals surface area (Å²) in [6.07, 6.45) is 2.62. The number of benzene rings is 1. The number of carboxylic acids is 1. The molecule has 0 aliphatic heterocycles. The van der Waals surface area contributed by atoms with Crippen LogP contribution in [0.2, 0.25) is 0 Å². The molecule has 4 N–H and O–H groups in total. The second-order valence-corrected chi connectivity index (χ2v) is 7.93. The molecule has 170 valence electrons. The van der Waals surface area contributed by atoms with E-state index in [-0.39, 0.29) is 29.8 Å². The summed E-state index contributed by atoms with van der Waals surface area (Å²) in [7, 11) is 0. The molecule has 1 aromatic rings. The van der Waals surface area contributed by atoms with Gasteiger partial charge in [0.25, 0.3) is 0 Å². The first-order valence-electron chi connectivity index (χ1n) is 10.4. The fourth-order valence-electron chi connectivity index (χ4n) is 3.51. The fraction of sp³-hybridized carbons (Fsp3) is 0.500. The molecule has 1 amide bonds. The van der Waals surface area contributed by atoms with Crippen molar-refractivity contribution in [3.05, 3.63) is 47.3 Å². The molecule has 2 rings (SSSR count). The van der Waals surface area contributed by atoms with Gasteiger partial charge in [0, 0.05) is 25.5 Å². The highest BCUT2D eigenvalue weighted by molar-refractivity contribution is 7.80. The highest BCUT2D eigenvalue weighted by atomic mass is 32.1. The van der Waals surface area contributed by atoms with E-state index in [1.807, 2.05) is 13.8 Å². The Morgan fingerprint density at radius 3 is 2.42 bits per heavy atom. The van der Waals surface area contributed by atoms with Gasteiger partial charge in [-0.25, -0.2) is 9.18 Å². The fourth-order valence-corrected chi connectivity index (χ4v) is 3.73. The number of carbonyl (C=O) groups is 2. The number of hydrogen-bond donors (Lipinski definition) is 4. The van der Waals surface area contributed by atoms with Gasteiger partial charge in [-0.15, -0.1) is 0 Å². The van der Waals surface area contributed by atoms with Crippen LogP contribution in [0.15, 0.2) is 35.9 Å². The van der Waals surface area contributed by atoms with Crippen LogP contribution in [-0.4, -0.2) is 46.4 Å². The van der Waals surface area contributed by atoms with E-state index in [0.29, 0.717) is 11.7 Å². The van der Waals surface area contributed by atoms with Crippen molar-refractivity contribution in [2.75, 3.05) is 0 Å². The molecule has 0 fully saturated rings. The van der Waals surface area contributed by atoms with Crippen LogP contribution in [-0.2, 0) is 20.9 Å². The number of halogens is 1. The monoisotopic (exact) mass is 451 g/mol. The van der Waals surface area contributed by atoms with Gasteiger partial charge in [0.1, 0.15) is 5.82 Å². The number of rotatable bonds is 9. The molecule has 0 saturated heterocycles. The minimum Gasteiger partial charge on any atom is -0.478 e. The Balaban J connectivity index is 2.15. The predicted octanol–water partition coefficient (Wildman–Crippen LogP) is 2.65. The molecule has 9 heteroatoms. The van der Waals surface area contributed by atoms with Crippen LogP contribution in [0.25, 0.3) is 0 Å². The van der Waals surface area contributed by atoms with Gasteiger partial charge in [-0.1, -0.05) is 26.0 Å². The van der Waals surface area contributed by atoms with Crippen LogP contribution in [0, 0.1) is 5.82 Å². The maximum absolute atomic E-state index is 13.1. The normalized spacial score (nSPS) is 20.7. The summed E-state index contributed by atoms with van der Waals surface area (Å²) in [5.74, 6) is -1.59. The second-order valence-electron chi connectivity index (χ2n) is 7.53. The van der Waals surface area contributed by atoms with E-state index in [1.165, 1.54) is 19.1 Å². The maximum atomic E-state index is 13.1. The minimum absolute atomic E-state index is 0.0603. The van der Waals surface area contributed by atoms with Crippen molar-refractivity contribution in [3.63, 3.8) is 0 Å². The zero-order valence-corrected chi connectivity index (χ0v) is 18.8. The number of nitrogens with one attached hydrogen (secondary N) is 3. The Kier molecular flexibility index (Phi) is 9.39. The average molecular weight is 452 g/mol. The highest BCUT2D eigenvalue weighted by Gasteiger charge is 2.37. The highest BCUT2D eigenvalue weighted by Crippen LogP contribution is 2.24. The number of carbonyl (C=O) groups excluding carboxylic acids is 1. The number of hydrogen-bond acceptors (Lipinski definition) is 4. The number of carboxylic acid groups (broad SMARTS) is 1. The number of thiocarbonyl (C=S) groups is 1. The summed E-state index contributed by atoms with van der Waals surface area (Å²) in [4.78, 5) is 23.6. The number of ether oxygens (including phenoxy) is 1. The SMILES string of the molecule is CCC(CC)O[C@@H]1C=C(C(=O)O)C[C@H](NC(=S)NCc2ccc(F)cc2)[C@H]1NC(C)=O. The summed E-state index contributed by atoms with van der Waals surface area (Å²) >= 11 is 5.39. The van der Waals surface area contributed by atoms with Gasteiger partial charge in [-0.05, 0) is 48.8 Å². The van der Waals surface area contributed by atoms with E-state index in [9.17, 15) is 19.1 Å². The van der Waals surface area contributed by atoms with Crippen molar-refractivity contribution in [1.82, 2.24) is 16.0 Å². The minimum atomic E-state index is -1.03. The van der Waals surface area contributed by atoms with Crippen LogP contribution in [0.3, 0.4) is 0 Å². The van der Waals surface area contributed by atoms with E-state index < -0.39 is 24.2 Å². The zero-order valence-electron chi connectivity index (χ0n) is 18.0. The molecular formula is C22H30FN3O4S. The van der Waals surface area contributed by atoms with Crippen LogP contribution in [0.1, 0.15) is 45.6 Å². The molecule has 1 aliphatic carbocycles. The van der Waals surface area contributed by atoms with Crippen LogP contribution in [0.4, 0.5) is 4.39 Å². The Morgan fingerprint density at radius 2 is 1.87 bits per heavy atom. The van der Waals surface area contributed by atoms with Gasteiger partial charge in [-0.2, -0.15) is 0 Å². The standard InChI is InChI=1S/C22H30FN3O4S/c1-4-17(5-2)30-19-11-15(21(28)29)10-18(20(19)25-13(3)27)26-22(31)24-12-14-6-8-16(23)9-7-14/h6-9,11,17-20H,4-5,10,12H2,1-3H3,(H,25,27)(H,28,29)(H2,24,26,31)/t18-,19+,20+/m0/s1. The molecule has 0 saturated carbocycles. The summed E-state index contributed by atoms with van der Waals surface area (Å²) in [5, 5.41) is 18.9. The van der Waals surface area contributed by atoms with Gasteiger partial charge >= 0.3 is 5.97 Å². The smallest absolute Gasteiger partial charge is 0.331 e. The molecule has 0 radical (unpaired) electrons. The van der Waals surface area contributed by atoms with Crippen LogP contribution in [0.5, 0.6) is 0 Å². The summed E-state index contributed by atoms with van der Waals surface area (Å²) in [6.45, 7) is 5.78. The molecule has 3 atom stereocenters. The van der Waals surface area contributed by atoms with Gasteiger partial charge in [0.15, 0.2) is 5.11 Å². The number of amides is 1. The number of aliphatic carboxylic acids is 1. The van der Waals surface area contributed by atoms with E-state index in [0.717, 1.165) is 18.4 Å². The lowest BCUT2D eigenvalue weighted by molar-refractivity contribution is -0.133. The third kappa shape index (κ3) is 7.59. The largest absolute Gasteiger partial charge is 0.478 e. The average Bonchev–Trinajstić information content (AvgIpc) is 2.72.